The Hall–Kier alpha value is -5.45. The van der Waals surface area contributed by atoms with Crippen LogP contribution in [-0.4, -0.2) is 57.6 Å². The summed E-state index contributed by atoms with van der Waals surface area (Å²) in [5.74, 6) is 4.76. The minimum absolute atomic E-state index is 0.353. The Balaban J connectivity index is 1.47. The van der Waals surface area contributed by atoms with Crippen LogP contribution >= 0.6 is 0 Å². The minimum Gasteiger partial charge on any atom is -0.497 e. The molecule has 11 heteroatoms. The summed E-state index contributed by atoms with van der Waals surface area (Å²) < 4.78 is 23.9. The SMILES string of the molecule is C=C(/C=C\C(=C/C)CNc1nc(Cc2ccc(OC)c(OC)c2)n(-c2cc(Oc3ccc4c(n3)C=CCC4)nc(C)n2)n1)OC. The first-order chi connectivity index (χ1) is 21.9. The van der Waals surface area contributed by atoms with E-state index in [2.05, 4.69) is 32.9 Å². The first-order valence-corrected chi connectivity index (χ1v) is 14.6. The van der Waals surface area contributed by atoms with E-state index in [9.17, 15) is 0 Å². The number of nitrogens with zero attached hydrogens (tertiary/aromatic N) is 6. The number of rotatable bonds is 13. The Labute approximate surface area is 263 Å². The Morgan fingerprint density at radius 2 is 1.82 bits per heavy atom. The van der Waals surface area contributed by atoms with Crippen LogP contribution in [0.3, 0.4) is 0 Å². The van der Waals surface area contributed by atoms with Crippen LogP contribution in [0.1, 0.15) is 41.8 Å². The summed E-state index contributed by atoms with van der Waals surface area (Å²) in [5, 5.41) is 8.12. The number of aromatic nitrogens is 6. The zero-order valence-corrected chi connectivity index (χ0v) is 26.2. The molecule has 0 amide bonds. The summed E-state index contributed by atoms with van der Waals surface area (Å²) in [6, 6.07) is 11.4. The highest BCUT2D eigenvalue weighted by molar-refractivity contribution is 5.53. The molecule has 0 radical (unpaired) electrons. The molecule has 232 valence electrons. The van der Waals surface area contributed by atoms with Gasteiger partial charge in [-0.15, -0.1) is 5.10 Å². The van der Waals surface area contributed by atoms with Crippen LogP contribution in [0.4, 0.5) is 5.95 Å². The molecule has 5 rings (SSSR count). The maximum absolute atomic E-state index is 6.12. The van der Waals surface area contributed by atoms with Gasteiger partial charge in [-0.25, -0.2) is 9.97 Å². The first-order valence-electron chi connectivity index (χ1n) is 14.6. The maximum atomic E-state index is 6.12. The topological polar surface area (TPSA) is 118 Å². The molecular formula is C34H37N7O4. The molecule has 45 heavy (non-hydrogen) atoms. The Kier molecular flexibility index (Phi) is 9.88. The van der Waals surface area contributed by atoms with Gasteiger partial charge in [-0.3, -0.25) is 0 Å². The summed E-state index contributed by atoms with van der Waals surface area (Å²) in [4.78, 5) is 18.7. The maximum Gasteiger partial charge on any atom is 0.243 e. The van der Waals surface area contributed by atoms with Gasteiger partial charge in [0.15, 0.2) is 17.3 Å². The number of aryl methyl sites for hydroxylation is 2. The number of ether oxygens (including phenoxy) is 4. The molecule has 0 saturated heterocycles. The van der Waals surface area contributed by atoms with Crippen molar-refractivity contribution < 1.29 is 18.9 Å². The number of hydrogen-bond acceptors (Lipinski definition) is 10. The Bertz CT molecular complexity index is 1770. The standard InChI is InChI=1S/C34H37N7O4/c1-7-24(13-12-22(2)42-4)21-35-34-39-30(19-25-14-16-28(43-5)29(18-25)44-6)41(40-34)31-20-33(37-23(3)36-31)45-32-17-15-26-10-8-9-11-27(26)38-32/h7,9,11-18,20H,2,8,10,19,21H2,1,3-6H3,(H,35,40)/b13-12-,24-7+. The fourth-order valence-corrected chi connectivity index (χ4v) is 4.72. The van der Waals surface area contributed by atoms with Crippen molar-refractivity contribution in [2.24, 2.45) is 0 Å². The number of pyridine rings is 1. The number of methoxy groups -OCH3 is 3. The van der Waals surface area contributed by atoms with Crippen molar-refractivity contribution in [2.45, 2.75) is 33.1 Å². The normalized spacial score (nSPS) is 12.6. The van der Waals surface area contributed by atoms with Crippen molar-refractivity contribution in [3.05, 3.63) is 107 Å². The summed E-state index contributed by atoms with van der Waals surface area (Å²) in [6.45, 7) is 8.09. The fraction of sp³-hybridized carbons (Fsp3) is 0.265. The molecule has 0 atom stereocenters. The van der Waals surface area contributed by atoms with Gasteiger partial charge < -0.3 is 24.3 Å². The van der Waals surface area contributed by atoms with Gasteiger partial charge in [-0.2, -0.15) is 14.6 Å². The number of fused-ring (bicyclic) bond motifs is 1. The molecular weight excluding hydrogens is 570 g/mol. The number of anilines is 1. The van der Waals surface area contributed by atoms with Crippen LogP contribution in [0.5, 0.6) is 23.3 Å². The zero-order chi connectivity index (χ0) is 31.8. The smallest absolute Gasteiger partial charge is 0.243 e. The number of hydrogen-bond donors (Lipinski definition) is 1. The summed E-state index contributed by atoms with van der Waals surface area (Å²) in [7, 11) is 4.81. The summed E-state index contributed by atoms with van der Waals surface area (Å²) in [5.41, 5.74) is 4.08. The van der Waals surface area contributed by atoms with Crippen molar-refractivity contribution >= 4 is 12.0 Å². The van der Waals surface area contributed by atoms with E-state index < -0.39 is 0 Å². The van der Waals surface area contributed by atoms with Crippen molar-refractivity contribution in [3.63, 3.8) is 0 Å². The van der Waals surface area contributed by atoms with Crippen LogP contribution < -0.4 is 19.5 Å². The van der Waals surface area contributed by atoms with Crippen LogP contribution in [0.25, 0.3) is 11.9 Å². The number of nitrogens with one attached hydrogen (secondary N) is 1. The lowest BCUT2D eigenvalue weighted by Gasteiger charge is -2.12. The van der Waals surface area contributed by atoms with Gasteiger partial charge in [0.25, 0.3) is 0 Å². The van der Waals surface area contributed by atoms with Crippen molar-refractivity contribution in [1.82, 2.24) is 29.7 Å². The lowest BCUT2D eigenvalue weighted by Crippen LogP contribution is -2.09. The summed E-state index contributed by atoms with van der Waals surface area (Å²) >= 11 is 0. The number of allylic oxidation sites excluding steroid dienone is 3. The fourth-order valence-electron chi connectivity index (χ4n) is 4.72. The van der Waals surface area contributed by atoms with Crippen molar-refractivity contribution in [1.29, 1.82) is 0 Å². The molecule has 0 unspecified atom stereocenters. The predicted octanol–water partition coefficient (Wildman–Crippen LogP) is 6.19. The molecule has 1 N–H and O–H groups in total. The van der Waals surface area contributed by atoms with Crippen molar-refractivity contribution in [2.75, 3.05) is 33.2 Å². The molecule has 3 heterocycles. The van der Waals surface area contributed by atoms with E-state index in [-0.39, 0.29) is 0 Å². The Morgan fingerprint density at radius 3 is 2.60 bits per heavy atom. The van der Waals surface area contributed by atoms with E-state index in [0.717, 1.165) is 29.7 Å². The van der Waals surface area contributed by atoms with E-state index in [1.54, 1.807) is 32.1 Å². The van der Waals surface area contributed by atoms with E-state index in [4.69, 9.17) is 29.0 Å². The molecule has 0 fully saturated rings. The van der Waals surface area contributed by atoms with Gasteiger partial charge in [0.05, 0.1) is 27.0 Å². The average Bonchev–Trinajstić information content (AvgIpc) is 3.46. The van der Waals surface area contributed by atoms with Gasteiger partial charge in [-0.1, -0.05) is 36.9 Å². The van der Waals surface area contributed by atoms with Gasteiger partial charge in [0.2, 0.25) is 17.7 Å². The molecule has 1 aliphatic rings. The minimum atomic E-state index is 0.353. The third-order valence-electron chi connectivity index (χ3n) is 7.12. The molecule has 0 aliphatic heterocycles. The predicted molar refractivity (Wildman–Crippen MR) is 173 cm³/mol. The van der Waals surface area contributed by atoms with Crippen LogP contribution in [-0.2, 0) is 17.6 Å². The van der Waals surface area contributed by atoms with Crippen LogP contribution in [0.2, 0.25) is 0 Å². The highest BCUT2D eigenvalue weighted by atomic mass is 16.5. The van der Waals surface area contributed by atoms with E-state index in [1.165, 1.54) is 5.56 Å². The van der Waals surface area contributed by atoms with Gasteiger partial charge >= 0.3 is 0 Å². The third-order valence-corrected chi connectivity index (χ3v) is 7.12. The largest absolute Gasteiger partial charge is 0.497 e. The second-order valence-electron chi connectivity index (χ2n) is 10.2. The zero-order valence-electron chi connectivity index (χ0n) is 26.2. The lowest BCUT2D eigenvalue weighted by molar-refractivity contribution is 0.309. The molecule has 4 aromatic rings. The Morgan fingerprint density at radius 1 is 0.978 bits per heavy atom. The van der Waals surface area contributed by atoms with Gasteiger partial charge in [-0.05, 0) is 67.7 Å². The highest BCUT2D eigenvalue weighted by Crippen LogP contribution is 2.29. The van der Waals surface area contributed by atoms with Gasteiger partial charge in [0.1, 0.15) is 17.4 Å². The first kappa shape index (κ1) is 31.0. The van der Waals surface area contributed by atoms with E-state index in [0.29, 0.717) is 65.4 Å². The van der Waals surface area contributed by atoms with E-state index >= 15 is 0 Å². The molecule has 3 aromatic heterocycles. The quantitative estimate of drug-likeness (QED) is 0.139. The van der Waals surface area contributed by atoms with Gasteiger partial charge in [0, 0.05) is 25.1 Å². The molecule has 0 spiro atoms. The van der Waals surface area contributed by atoms with Crippen molar-refractivity contribution in [3.8, 4) is 29.1 Å². The molecule has 1 aliphatic carbocycles. The third kappa shape index (κ3) is 7.74. The van der Waals surface area contributed by atoms with Crippen LogP contribution in [0.15, 0.2) is 78.6 Å². The monoisotopic (exact) mass is 607 g/mol. The van der Waals surface area contributed by atoms with Crippen LogP contribution in [0, 0.1) is 6.92 Å². The second kappa shape index (κ2) is 14.3. The highest BCUT2D eigenvalue weighted by Gasteiger charge is 2.18. The second-order valence-corrected chi connectivity index (χ2v) is 10.2. The van der Waals surface area contributed by atoms with E-state index in [1.807, 2.05) is 68.5 Å². The summed E-state index contributed by atoms with van der Waals surface area (Å²) in [6.07, 6.45) is 12.3. The molecule has 11 nitrogen and oxygen atoms in total. The number of benzene rings is 1. The molecule has 0 saturated carbocycles. The molecule has 1 aromatic carbocycles. The molecule has 0 bridgehead atoms. The lowest BCUT2D eigenvalue weighted by atomic mass is 10.0. The average molecular weight is 608 g/mol.